The van der Waals surface area contributed by atoms with E-state index in [-0.39, 0.29) is 10.0 Å². The summed E-state index contributed by atoms with van der Waals surface area (Å²) in [6.45, 7) is 1.83. The molecule has 2 rings (SSSR count). The molecular formula is C8H8N6O9. The highest BCUT2D eigenvalue weighted by Gasteiger charge is 2.58. The summed E-state index contributed by atoms with van der Waals surface area (Å²) in [7, 11) is 0. The lowest BCUT2D eigenvalue weighted by Crippen LogP contribution is -2.62. The summed E-state index contributed by atoms with van der Waals surface area (Å²) in [5.41, 5.74) is 0. The number of carbonyl (C=O) groups is 2. The fraction of sp³-hybridized carbons (Fsp3) is 0.500. The van der Waals surface area contributed by atoms with Crippen molar-refractivity contribution < 1.29 is 33.8 Å². The van der Waals surface area contributed by atoms with Crippen molar-refractivity contribution in [2.24, 2.45) is 0 Å². The SMILES string of the molecule is CC(=O)O[C@H]1[C@H](OC(C)=O)N([N+](=O)[O-])c2nonc2N1[N+](=O)[O-]. The molecule has 0 saturated heterocycles. The van der Waals surface area contributed by atoms with Crippen LogP contribution in [0, 0.1) is 20.2 Å². The van der Waals surface area contributed by atoms with Crippen LogP contribution in [-0.4, -0.2) is 44.8 Å². The average Bonchev–Trinajstić information content (AvgIpc) is 2.85. The summed E-state index contributed by atoms with van der Waals surface area (Å²) >= 11 is 0. The van der Waals surface area contributed by atoms with Crippen LogP contribution in [0.1, 0.15) is 13.8 Å². The van der Waals surface area contributed by atoms with E-state index in [0.29, 0.717) is 0 Å². The van der Waals surface area contributed by atoms with Crippen LogP contribution >= 0.6 is 0 Å². The maximum absolute atomic E-state index is 11.2. The molecule has 0 saturated carbocycles. The third-order valence-corrected chi connectivity index (χ3v) is 2.54. The molecule has 23 heavy (non-hydrogen) atoms. The van der Waals surface area contributed by atoms with Crippen molar-refractivity contribution in [1.82, 2.24) is 10.3 Å². The smallest absolute Gasteiger partial charge is 0.304 e. The number of hydrazine groups is 2. The molecule has 1 aromatic rings. The van der Waals surface area contributed by atoms with E-state index >= 15 is 0 Å². The Hall–Kier alpha value is -3.52. The van der Waals surface area contributed by atoms with Crippen molar-refractivity contribution in [3.05, 3.63) is 20.2 Å². The fourth-order valence-electron chi connectivity index (χ4n) is 1.85. The predicted octanol–water partition coefficient (Wildman–Crippen LogP) is -1.14. The standard InChI is InChI=1S/C8H8N6O9/c1-3(15)21-7-8(22-4(2)16)12(14(19)20)6-5(9-23-10-6)11(7)13(17)18/h7-8H,1-2H3/t7-,8-/m0/s1. The van der Waals surface area contributed by atoms with Gasteiger partial charge in [0, 0.05) is 13.8 Å². The van der Waals surface area contributed by atoms with Gasteiger partial charge in [0.05, 0.1) is 0 Å². The van der Waals surface area contributed by atoms with Crippen molar-refractivity contribution in [1.29, 1.82) is 0 Å². The molecular weight excluding hydrogens is 324 g/mol. The first-order chi connectivity index (χ1) is 10.7. The lowest BCUT2D eigenvalue weighted by atomic mass is 10.3. The van der Waals surface area contributed by atoms with Crippen LogP contribution in [0.3, 0.4) is 0 Å². The number of esters is 2. The lowest BCUT2D eigenvalue weighted by molar-refractivity contribution is -0.535. The number of aromatic nitrogens is 2. The van der Waals surface area contributed by atoms with E-state index in [1.165, 1.54) is 0 Å². The van der Waals surface area contributed by atoms with Gasteiger partial charge in [0.1, 0.15) is 0 Å². The Kier molecular flexibility index (Phi) is 3.93. The fourth-order valence-corrected chi connectivity index (χ4v) is 1.85. The number of rotatable bonds is 4. The molecule has 1 aliphatic rings. The van der Waals surface area contributed by atoms with Gasteiger partial charge in [-0.2, -0.15) is 0 Å². The molecule has 2 atom stereocenters. The van der Waals surface area contributed by atoms with Gasteiger partial charge in [-0.3, -0.25) is 9.59 Å². The number of hydrogen-bond donors (Lipinski definition) is 0. The maximum Gasteiger partial charge on any atom is 0.304 e. The van der Waals surface area contributed by atoms with Crippen LogP contribution in [0.4, 0.5) is 11.6 Å². The maximum atomic E-state index is 11.2. The molecule has 0 unspecified atom stereocenters. The summed E-state index contributed by atoms with van der Waals surface area (Å²) < 4.78 is 13.7. The third-order valence-electron chi connectivity index (χ3n) is 2.54. The predicted molar refractivity (Wildman–Crippen MR) is 64.4 cm³/mol. The first kappa shape index (κ1) is 15.9. The number of carbonyl (C=O) groups excluding carboxylic acids is 2. The van der Waals surface area contributed by atoms with Crippen molar-refractivity contribution in [2.45, 2.75) is 26.3 Å². The van der Waals surface area contributed by atoms with Crippen molar-refractivity contribution in [3.63, 3.8) is 0 Å². The Morgan fingerprint density at radius 2 is 1.35 bits per heavy atom. The second kappa shape index (κ2) is 5.70. The molecule has 1 aliphatic heterocycles. The van der Waals surface area contributed by atoms with Gasteiger partial charge in [0.25, 0.3) is 24.1 Å². The van der Waals surface area contributed by atoms with Gasteiger partial charge in [-0.1, -0.05) is 0 Å². The molecule has 0 aliphatic carbocycles. The van der Waals surface area contributed by atoms with Crippen molar-refractivity contribution in [2.75, 3.05) is 10.0 Å². The summed E-state index contributed by atoms with van der Waals surface area (Å²) in [6.07, 6.45) is -3.98. The molecule has 124 valence electrons. The molecule has 0 radical (unpaired) electrons. The molecule has 15 nitrogen and oxygen atoms in total. The number of nitro groups is 2. The van der Waals surface area contributed by atoms with E-state index in [2.05, 4.69) is 14.9 Å². The minimum atomic E-state index is -1.99. The minimum absolute atomic E-state index is 0.140. The Labute approximate surface area is 125 Å². The van der Waals surface area contributed by atoms with Crippen LogP contribution in [0.5, 0.6) is 0 Å². The Balaban J connectivity index is 2.62. The number of fused-ring (bicyclic) bond motifs is 1. The van der Waals surface area contributed by atoms with Crippen LogP contribution in [0.15, 0.2) is 4.63 Å². The largest absolute Gasteiger partial charge is 0.429 e. The zero-order valence-electron chi connectivity index (χ0n) is 11.5. The number of anilines is 2. The van der Waals surface area contributed by atoms with E-state index in [9.17, 15) is 29.8 Å². The third kappa shape index (κ3) is 2.78. The quantitative estimate of drug-likeness (QED) is 0.366. The monoisotopic (exact) mass is 332 g/mol. The average molecular weight is 332 g/mol. The highest BCUT2D eigenvalue weighted by Crippen LogP contribution is 2.36. The molecule has 0 N–H and O–H groups in total. The van der Waals surface area contributed by atoms with E-state index in [0.717, 1.165) is 13.8 Å². The van der Waals surface area contributed by atoms with Crippen molar-refractivity contribution >= 4 is 23.6 Å². The topological polar surface area (TPSA) is 184 Å². The highest BCUT2D eigenvalue weighted by atomic mass is 16.7. The molecule has 0 spiro atoms. The van der Waals surface area contributed by atoms with Gasteiger partial charge in [-0.05, 0) is 20.3 Å². The van der Waals surface area contributed by atoms with E-state index in [1.807, 2.05) is 0 Å². The summed E-state index contributed by atoms with van der Waals surface area (Å²) in [5, 5.41) is 26.9. The Bertz CT molecular complexity index is 618. The zero-order chi connectivity index (χ0) is 17.3. The second-order valence-electron chi connectivity index (χ2n) is 4.08. The van der Waals surface area contributed by atoms with Gasteiger partial charge in [0.15, 0.2) is 10.1 Å². The number of hydrogen-bond acceptors (Lipinski definition) is 11. The molecule has 1 aromatic heterocycles. The molecule has 0 amide bonds. The molecule has 2 heterocycles. The second-order valence-corrected chi connectivity index (χ2v) is 4.08. The molecule has 0 fully saturated rings. The van der Waals surface area contributed by atoms with Gasteiger partial charge >= 0.3 is 11.9 Å². The molecule has 0 bridgehead atoms. The van der Waals surface area contributed by atoms with Crippen LogP contribution < -0.4 is 10.0 Å². The van der Waals surface area contributed by atoms with Crippen LogP contribution in [-0.2, 0) is 19.1 Å². The van der Waals surface area contributed by atoms with Crippen LogP contribution in [0.25, 0.3) is 0 Å². The highest BCUT2D eigenvalue weighted by molar-refractivity contribution is 5.70. The zero-order valence-corrected chi connectivity index (χ0v) is 11.5. The summed E-state index contributed by atoms with van der Waals surface area (Å²) in [5.74, 6) is -3.41. The first-order valence-electron chi connectivity index (χ1n) is 5.78. The summed E-state index contributed by atoms with van der Waals surface area (Å²) in [6, 6.07) is 0. The van der Waals surface area contributed by atoms with E-state index in [1.54, 1.807) is 0 Å². The first-order valence-corrected chi connectivity index (χ1v) is 5.78. The van der Waals surface area contributed by atoms with E-state index in [4.69, 9.17) is 9.47 Å². The van der Waals surface area contributed by atoms with Gasteiger partial charge < -0.3 is 9.47 Å². The van der Waals surface area contributed by atoms with Gasteiger partial charge in [-0.15, -0.1) is 0 Å². The van der Waals surface area contributed by atoms with E-state index < -0.39 is 46.1 Å². The number of nitrogens with zero attached hydrogens (tertiary/aromatic N) is 6. The number of ether oxygens (including phenoxy) is 2. The Morgan fingerprint density at radius 3 is 1.61 bits per heavy atom. The van der Waals surface area contributed by atoms with Gasteiger partial charge in [-0.25, -0.2) is 24.9 Å². The summed E-state index contributed by atoms with van der Waals surface area (Å²) in [4.78, 5) is 44.8. The van der Waals surface area contributed by atoms with Crippen LogP contribution in [0.2, 0.25) is 0 Å². The lowest BCUT2D eigenvalue weighted by Gasteiger charge is -2.33. The molecule has 15 heteroatoms. The van der Waals surface area contributed by atoms with Gasteiger partial charge in [0.2, 0.25) is 0 Å². The normalized spacial score (nSPS) is 19.7. The van der Waals surface area contributed by atoms with Crippen molar-refractivity contribution in [3.8, 4) is 0 Å². The Morgan fingerprint density at radius 1 is 1.00 bits per heavy atom. The minimum Gasteiger partial charge on any atom is -0.429 e. The molecule has 0 aromatic carbocycles.